The predicted octanol–water partition coefficient (Wildman–Crippen LogP) is 2.87. The number of nitrogens with one attached hydrogen (secondary N) is 1. The number of hydrogen-bond donors (Lipinski definition) is 1. The van der Waals surface area contributed by atoms with Crippen molar-refractivity contribution in [3.8, 4) is 0 Å². The van der Waals surface area contributed by atoms with Crippen LogP contribution in [0, 0.1) is 11.6 Å². The van der Waals surface area contributed by atoms with Crippen molar-refractivity contribution in [2.24, 2.45) is 4.99 Å². The highest BCUT2D eigenvalue weighted by molar-refractivity contribution is 8.15. The van der Waals surface area contributed by atoms with Gasteiger partial charge in [0.25, 0.3) is 0 Å². The van der Waals surface area contributed by atoms with E-state index in [2.05, 4.69) is 10.3 Å². The van der Waals surface area contributed by atoms with Gasteiger partial charge in [-0.25, -0.2) is 8.78 Å². The Balaban J connectivity index is 2.11. The van der Waals surface area contributed by atoms with Gasteiger partial charge < -0.3 is 5.32 Å². The summed E-state index contributed by atoms with van der Waals surface area (Å²) in [6, 6.07) is 3.44. The molecule has 1 aromatic carbocycles. The number of anilines is 1. The zero-order chi connectivity index (χ0) is 10.8. The third-order valence-corrected chi connectivity index (χ3v) is 2.98. The van der Waals surface area contributed by atoms with Crippen LogP contribution in [0.25, 0.3) is 0 Å². The Morgan fingerprint density at radius 3 is 2.87 bits per heavy atom. The molecule has 15 heavy (non-hydrogen) atoms. The van der Waals surface area contributed by atoms with Crippen LogP contribution in [0.1, 0.15) is 6.92 Å². The molecule has 0 bridgehead atoms. The third kappa shape index (κ3) is 2.47. The summed E-state index contributed by atoms with van der Waals surface area (Å²) >= 11 is 1.55. The summed E-state index contributed by atoms with van der Waals surface area (Å²) in [6.45, 7) is 2.78. The van der Waals surface area contributed by atoms with Crippen LogP contribution >= 0.6 is 11.8 Å². The van der Waals surface area contributed by atoms with E-state index in [1.54, 1.807) is 11.8 Å². The van der Waals surface area contributed by atoms with Crippen molar-refractivity contribution in [2.45, 2.75) is 12.2 Å². The van der Waals surface area contributed by atoms with Gasteiger partial charge in [0.15, 0.2) is 5.17 Å². The van der Waals surface area contributed by atoms with Crippen molar-refractivity contribution in [1.29, 1.82) is 0 Å². The van der Waals surface area contributed by atoms with Gasteiger partial charge in [-0.1, -0.05) is 18.7 Å². The van der Waals surface area contributed by atoms with Crippen LogP contribution in [-0.2, 0) is 0 Å². The molecule has 0 aromatic heterocycles. The zero-order valence-electron chi connectivity index (χ0n) is 8.13. The number of aliphatic imine (C=N–C) groups is 1. The summed E-state index contributed by atoms with van der Waals surface area (Å²) in [6.07, 6.45) is 0. The second-order valence-corrected chi connectivity index (χ2v) is 4.75. The van der Waals surface area contributed by atoms with E-state index in [1.807, 2.05) is 6.92 Å². The molecule has 1 N–H and O–H groups in total. The predicted molar refractivity (Wildman–Crippen MR) is 59.3 cm³/mol. The number of nitrogens with zero attached hydrogens (tertiary/aromatic N) is 1. The van der Waals surface area contributed by atoms with Crippen LogP contribution in [0.15, 0.2) is 23.2 Å². The average Bonchev–Trinajstić information content (AvgIpc) is 2.56. The summed E-state index contributed by atoms with van der Waals surface area (Å²) in [4.78, 5) is 4.18. The van der Waals surface area contributed by atoms with E-state index in [-0.39, 0.29) is 5.69 Å². The highest BCUT2D eigenvalue weighted by Crippen LogP contribution is 2.23. The maximum Gasteiger partial charge on any atom is 0.161 e. The topological polar surface area (TPSA) is 24.4 Å². The molecule has 1 aliphatic rings. The summed E-state index contributed by atoms with van der Waals surface area (Å²) in [5.41, 5.74) is 0.261. The monoisotopic (exact) mass is 228 g/mol. The molecule has 0 amide bonds. The summed E-state index contributed by atoms with van der Waals surface area (Å²) < 4.78 is 25.9. The Hall–Kier alpha value is -1.10. The largest absolute Gasteiger partial charge is 0.333 e. The van der Waals surface area contributed by atoms with Gasteiger partial charge in [0, 0.05) is 11.3 Å². The smallest absolute Gasteiger partial charge is 0.161 e. The van der Waals surface area contributed by atoms with Crippen molar-refractivity contribution < 1.29 is 8.78 Å². The minimum absolute atomic E-state index is 0.261. The van der Waals surface area contributed by atoms with Crippen LogP contribution < -0.4 is 5.32 Å². The highest BCUT2D eigenvalue weighted by atomic mass is 32.2. The molecule has 1 aliphatic heterocycles. The third-order valence-electron chi connectivity index (χ3n) is 1.98. The SMILES string of the molecule is C[C@H]1CN=C(Nc2ccc(F)cc2F)S1. The first-order valence-electron chi connectivity index (χ1n) is 4.58. The van der Waals surface area contributed by atoms with Crippen molar-refractivity contribution in [2.75, 3.05) is 11.9 Å². The number of rotatable bonds is 1. The summed E-state index contributed by atoms with van der Waals surface area (Å²) in [7, 11) is 0. The summed E-state index contributed by atoms with van der Waals surface area (Å²) in [5.74, 6) is -1.18. The number of hydrogen-bond acceptors (Lipinski definition) is 3. The molecule has 0 radical (unpaired) electrons. The van der Waals surface area contributed by atoms with E-state index in [0.29, 0.717) is 10.4 Å². The van der Waals surface area contributed by atoms with Gasteiger partial charge in [-0.2, -0.15) is 0 Å². The normalized spacial score (nSPS) is 20.2. The van der Waals surface area contributed by atoms with E-state index in [4.69, 9.17) is 0 Å². The molecule has 2 rings (SSSR count). The average molecular weight is 228 g/mol. The quantitative estimate of drug-likeness (QED) is 0.799. The molecule has 0 saturated carbocycles. The first-order valence-corrected chi connectivity index (χ1v) is 5.46. The van der Waals surface area contributed by atoms with Crippen molar-refractivity contribution in [3.63, 3.8) is 0 Å². The van der Waals surface area contributed by atoms with E-state index in [9.17, 15) is 8.78 Å². The van der Waals surface area contributed by atoms with Crippen LogP contribution in [-0.4, -0.2) is 17.0 Å². The Labute approximate surface area is 90.8 Å². The molecular weight excluding hydrogens is 218 g/mol. The van der Waals surface area contributed by atoms with Gasteiger partial charge in [0.2, 0.25) is 0 Å². The lowest BCUT2D eigenvalue weighted by molar-refractivity contribution is 0.586. The standard InChI is InChI=1S/C10H10F2N2S/c1-6-5-13-10(15-6)14-9-3-2-7(11)4-8(9)12/h2-4,6H,5H2,1H3,(H,13,14)/t6-/m0/s1. The molecule has 0 unspecified atom stereocenters. The van der Waals surface area contributed by atoms with Crippen LogP contribution in [0.2, 0.25) is 0 Å². The molecule has 0 fully saturated rings. The second-order valence-electron chi connectivity index (χ2n) is 3.32. The molecule has 1 aromatic rings. The Bertz CT molecular complexity index is 406. The first-order chi connectivity index (χ1) is 7.15. The van der Waals surface area contributed by atoms with Gasteiger partial charge in [0.05, 0.1) is 12.2 Å². The van der Waals surface area contributed by atoms with Crippen molar-refractivity contribution in [1.82, 2.24) is 0 Å². The lowest BCUT2D eigenvalue weighted by Crippen LogP contribution is -2.07. The molecule has 5 heteroatoms. The lowest BCUT2D eigenvalue weighted by Gasteiger charge is -2.06. The Morgan fingerprint density at radius 2 is 2.27 bits per heavy atom. The van der Waals surface area contributed by atoms with Gasteiger partial charge in [0.1, 0.15) is 11.6 Å². The maximum atomic E-state index is 13.2. The minimum atomic E-state index is -0.599. The van der Waals surface area contributed by atoms with E-state index >= 15 is 0 Å². The van der Waals surface area contributed by atoms with E-state index < -0.39 is 11.6 Å². The molecule has 0 saturated heterocycles. The van der Waals surface area contributed by atoms with Gasteiger partial charge in [-0.3, -0.25) is 4.99 Å². The van der Waals surface area contributed by atoms with Crippen LogP contribution in [0.4, 0.5) is 14.5 Å². The summed E-state index contributed by atoms with van der Waals surface area (Å²) in [5, 5.41) is 3.94. The fraction of sp³-hybridized carbons (Fsp3) is 0.300. The van der Waals surface area contributed by atoms with Gasteiger partial charge >= 0.3 is 0 Å². The van der Waals surface area contributed by atoms with Crippen molar-refractivity contribution in [3.05, 3.63) is 29.8 Å². The Morgan fingerprint density at radius 1 is 1.47 bits per heavy atom. The maximum absolute atomic E-state index is 13.2. The number of amidine groups is 1. The molecule has 80 valence electrons. The Kier molecular flexibility index (Phi) is 2.90. The number of halogens is 2. The molecule has 0 spiro atoms. The van der Waals surface area contributed by atoms with Crippen LogP contribution in [0.5, 0.6) is 0 Å². The van der Waals surface area contributed by atoms with E-state index in [0.717, 1.165) is 12.6 Å². The van der Waals surface area contributed by atoms with E-state index in [1.165, 1.54) is 12.1 Å². The number of thioether (sulfide) groups is 1. The molecule has 1 heterocycles. The fourth-order valence-electron chi connectivity index (χ4n) is 1.25. The molecular formula is C10H10F2N2S. The molecule has 1 atom stereocenters. The van der Waals surface area contributed by atoms with Crippen molar-refractivity contribution >= 4 is 22.6 Å². The zero-order valence-corrected chi connectivity index (χ0v) is 8.94. The second kappa shape index (κ2) is 4.18. The first kappa shape index (κ1) is 10.4. The van der Waals surface area contributed by atoms with Crippen LogP contribution in [0.3, 0.4) is 0 Å². The molecule has 0 aliphatic carbocycles. The number of benzene rings is 1. The van der Waals surface area contributed by atoms with Gasteiger partial charge in [-0.15, -0.1) is 0 Å². The molecule has 2 nitrogen and oxygen atoms in total. The van der Waals surface area contributed by atoms with Gasteiger partial charge in [-0.05, 0) is 12.1 Å². The fourth-order valence-corrected chi connectivity index (χ4v) is 2.10. The highest BCUT2D eigenvalue weighted by Gasteiger charge is 2.16. The minimum Gasteiger partial charge on any atom is -0.333 e. The lowest BCUT2D eigenvalue weighted by atomic mass is 10.3.